The van der Waals surface area contributed by atoms with Crippen molar-refractivity contribution in [1.82, 2.24) is 5.32 Å². The number of benzene rings is 2. The standard InChI is InChI=1S/C16H17NO4/c18-10-13-5-3-4-12(8-13)9-17-16(20)11-21-15-7-2-1-6-14(15)19/h1-8,18-19H,9-11H2,(H,17,20). The Balaban J connectivity index is 1.81. The highest BCUT2D eigenvalue weighted by Crippen LogP contribution is 2.23. The van der Waals surface area contributed by atoms with Gasteiger partial charge in [0.1, 0.15) is 0 Å². The molecule has 0 unspecified atom stereocenters. The van der Waals surface area contributed by atoms with Gasteiger partial charge in [-0.15, -0.1) is 0 Å². The van der Waals surface area contributed by atoms with E-state index >= 15 is 0 Å². The van der Waals surface area contributed by atoms with E-state index in [4.69, 9.17) is 9.84 Å². The lowest BCUT2D eigenvalue weighted by atomic mass is 10.1. The third-order valence-electron chi connectivity index (χ3n) is 2.89. The normalized spacial score (nSPS) is 10.1. The lowest BCUT2D eigenvalue weighted by Gasteiger charge is -2.09. The molecule has 0 saturated heterocycles. The maximum absolute atomic E-state index is 11.7. The third-order valence-corrected chi connectivity index (χ3v) is 2.89. The van der Waals surface area contributed by atoms with E-state index in [1.807, 2.05) is 24.3 Å². The molecule has 0 aliphatic rings. The van der Waals surface area contributed by atoms with Gasteiger partial charge in [-0.05, 0) is 23.3 Å². The van der Waals surface area contributed by atoms with Crippen molar-refractivity contribution in [3.05, 3.63) is 59.7 Å². The van der Waals surface area contributed by atoms with Gasteiger partial charge >= 0.3 is 0 Å². The molecule has 2 rings (SSSR count). The molecule has 1 amide bonds. The molecule has 0 aliphatic carbocycles. The van der Waals surface area contributed by atoms with Crippen LogP contribution in [-0.2, 0) is 17.9 Å². The number of nitrogens with one attached hydrogen (secondary N) is 1. The number of aromatic hydroxyl groups is 1. The minimum Gasteiger partial charge on any atom is -0.504 e. The molecule has 0 fully saturated rings. The molecule has 5 heteroatoms. The number of ether oxygens (including phenoxy) is 1. The van der Waals surface area contributed by atoms with E-state index in [1.165, 1.54) is 6.07 Å². The summed E-state index contributed by atoms with van der Waals surface area (Å²) in [4.78, 5) is 11.7. The second-order valence-corrected chi connectivity index (χ2v) is 4.51. The molecular weight excluding hydrogens is 270 g/mol. The first-order valence-electron chi connectivity index (χ1n) is 6.55. The molecule has 0 aromatic heterocycles. The summed E-state index contributed by atoms with van der Waals surface area (Å²) in [6.07, 6.45) is 0. The van der Waals surface area contributed by atoms with Crippen molar-refractivity contribution in [2.24, 2.45) is 0 Å². The molecule has 110 valence electrons. The monoisotopic (exact) mass is 287 g/mol. The fourth-order valence-corrected chi connectivity index (χ4v) is 1.81. The van der Waals surface area contributed by atoms with E-state index in [1.54, 1.807) is 18.2 Å². The Bertz CT molecular complexity index is 613. The van der Waals surface area contributed by atoms with E-state index in [9.17, 15) is 9.90 Å². The average molecular weight is 287 g/mol. The molecule has 0 heterocycles. The van der Waals surface area contributed by atoms with E-state index in [0.29, 0.717) is 6.54 Å². The number of para-hydroxylation sites is 2. The van der Waals surface area contributed by atoms with Crippen molar-refractivity contribution in [3.63, 3.8) is 0 Å². The van der Waals surface area contributed by atoms with Crippen LogP contribution in [0.5, 0.6) is 11.5 Å². The highest BCUT2D eigenvalue weighted by molar-refractivity contribution is 5.77. The third kappa shape index (κ3) is 4.50. The zero-order valence-electron chi connectivity index (χ0n) is 11.5. The van der Waals surface area contributed by atoms with Crippen molar-refractivity contribution in [2.45, 2.75) is 13.2 Å². The van der Waals surface area contributed by atoms with Gasteiger partial charge in [0.25, 0.3) is 5.91 Å². The predicted octanol–water partition coefficient (Wildman–Crippen LogP) is 1.58. The van der Waals surface area contributed by atoms with Crippen LogP contribution in [0.4, 0.5) is 0 Å². The van der Waals surface area contributed by atoms with Crippen molar-refractivity contribution in [2.75, 3.05) is 6.61 Å². The Morgan fingerprint density at radius 3 is 2.62 bits per heavy atom. The van der Waals surface area contributed by atoms with Gasteiger partial charge in [-0.2, -0.15) is 0 Å². The second-order valence-electron chi connectivity index (χ2n) is 4.51. The Morgan fingerprint density at radius 1 is 1.10 bits per heavy atom. The summed E-state index contributed by atoms with van der Waals surface area (Å²) in [7, 11) is 0. The van der Waals surface area contributed by atoms with Crippen LogP contribution >= 0.6 is 0 Å². The van der Waals surface area contributed by atoms with Gasteiger partial charge in [-0.25, -0.2) is 0 Å². The van der Waals surface area contributed by atoms with Crippen molar-refractivity contribution in [1.29, 1.82) is 0 Å². The number of carbonyl (C=O) groups is 1. The minimum atomic E-state index is -0.285. The summed E-state index contributed by atoms with van der Waals surface area (Å²) in [6.45, 7) is 0.159. The number of hydrogen-bond donors (Lipinski definition) is 3. The molecule has 21 heavy (non-hydrogen) atoms. The summed E-state index contributed by atoms with van der Waals surface area (Å²) in [5.74, 6) is -0.0106. The van der Waals surface area contributed by atoms with Gasteiger partial charge in [0.15, 0.2) is 18.1 Å². The number of hydrogen-bond acceptors (Lipinski definition) is 4. The van der Waals surface area contributed by atoms with Crippen LogP contribution in [0.2, 0.25) is 0 Å². The fraction of sp³-hybridized carbons (Fsp3) is 0.188. The highest BCUT2D eigenvalue weighted by atomic mass is 16.5. The Labute approximate surface area is 122 Å². The first kappa shape index (κ1) is 14.9. The van der Waals surface area contributed by atoms with E-state index < -0.39 is 0 Å². The van der Waals surface area contributed by atoms with Crippen molar-refractivity contribution >= 4 is 5.91 Å². The topological polar surface area (TPSA) is 78.8 Å². The molecule has 0 saturated carbocycles. The van der Waals surface area contributed by atoms with E-state index in [2.05, 4.69) is 5.32 Å². The SMILES string of the molecule is O=C(COc1ccccc1O)NCc1cccc(CO)c1. The van der Waals surface area contributed by atoms with Gasteiger partial charge in [-0.1, -0.05) is 36.4 Å². The number of phenolic OH excluding ortho intramolecular Hbond substituents is 1. The van der Waals surface area contributed by atoms with Crippen molar-refractivity contribution in [3.8, 4) is 11.5 Å². The zero-order chi connectivity index (χ0) is 15.1. The van der Waals surface area contributed by atoms with Gasteiger partial charge in [0.05, 0.1) is 6.61 Å². The van der Waals surface area contributed by atoms with Gasteiger partial charge in [0.2, 0.25) is 0 Å². The first-order valence-corrected chi connectivity index (χ1v) is 6.55. The number of rotatable bonds is 6. The molecule has 3 N–H and O–H groups in total. The first-order chi connectivity index (χ1) is 10.2. The second kappa shape index (κ2) is 7.31. The molecule has 0 atom stereocenters. The molecule has 0 aliphatic heterocycles. The molecule has 2 aromatic carbocycles. The smallest absolute Gasteiger partial charge is 0.258 e. The maximum Gasteiger partial charge on any atom is 0.258 e. The molecule has 5 nitrogen and oxygen atoms in total. The average Bonchev–Trinajstić information content (AvgIpc) is 2.52. The summed E-state index contributed by atoms with van der Waals surface area (Å²) < 4.78 is 5.23. The number of aliphatic hydroxyl groups is 1. The lowest BCUT2D eigenvalue weighted by Crippen LogP contribution is -2.28. The highest BCUT2D eigenvalue weighted by Gasteiger charge is 2.05. The van der Waals surface area contributed by atoms with Crippen LogP contribution in [0, 0.1) is 0 Å². The van der Waals surface area contributed by atoms with Crippen LogP contribution in [-0.4, -0.2) is 22.7 Å². The van der Waals surface area contributed by atoms with Crippen LogP contribution in [0.1, 0.15) is 11.1 Å². The minimum absolute atomic E-state index is 0.000877. The molecular formula is C16H17NO4. The van der Waals surface area contributed by atoms with Crippen LogP contribution in [0.15, 0.2) is 48.5 Å². The molecule has 0 bridgehead atoms. The molecule has 2 aromatic rings. The van der Waals surface area contributed by atoms with E-state index in [0.717, 1.165) is 11.1 Å². The Kier molecular flexibility index (Phi) is 5.17. The van der Waals surface area contributed by atoms with Crippen LogP contribution in [0.3, 0.4) is 0 Å². The summed E-state index contributed by atoms with van der Waals surface area (Å²) >= 11 is 0. The Hall–Kier alpha value is -2.53. The predicted molar refractivity (Wildman–Crippen MR) is 77.8 cm³/mol. The number of amides is 1. The lowest BCUT2D eigenvalue weighted by molar-refractivity contribution is -0.123. The zero-order valence-corrected chi connectivity index (χ0v) is 11.5. The maximum atomic E-state index is 11.7. The number of phenols is 1. The quantitative estimate of drug-likeness (QED) is 0.753. The van der Waals surface area contributed by atoms with Gasteiger partial charge < -0.3 is 20.3 Å². The molecule has 0 radical (unpaired) electrons. The van der Waals surface area contributed by atoms with Crippen LogP contribution < -0.4 is 10.1 Å². The Morgan fingerprint density at radius 2 is 1.86 bits per heavy atom. The van der Waals surface area contributed by atoms with Gasteiger partial charge in [-0.3, -0.25) is 4.79 Å². The molecule has 0 spiro atoms. The summed E-state index contributed by atoms with van der Waals surface area (Å²) in [6, 6.07) is 13.8. The van der Waals surface area contributed by atoms with E-state index in [-0.39, 0.29) is 30.6 Å². The fourth-order valence-electron chi connectivity index (χ4n) is 1.81. The largest absolute Gasteiger partial charge is 0.504 e. The van der Waals surface area contributed by atoms with Crippen molar-refractivity contribution < 1.29 is 19.7 Å². The van der Waals surface area contributed by atoms with Gasteiger partial charge in [0, 0.05) is 6.54 Å². The van der Waals surface area contributed by atoms with Crippen LogP contribution in [0.25, 0.3) is 0 Å². The summed E-state index contributed by atoms with van der Waals surface area (Å²) in [5.41, 5.74) is 1.70. The number of aliphatic hydroxyl groups excluding tert-OH is 1. The number of carbonyl (C=O) groups excluding carboxylic acids is 1. The summed E-state index contributed by atoms with van der Waals surface area (Å²) in [5, 5.41) is 21.3.